The molecule has 0 radical (unpaired) electrons. The first-order valence-corrected chi connectivity index (χ1v) is 37.2. The zero-order chi connectivity index (χ0) is 69.9. The maximum Gasteiger partial charge on any atom is 0.145 e. The third kappa shape index (κ3) is 9.23. The third-order valence-corrected chi connectivity index (χ3v) is 24.4. The van der Waals surface area contributed by atoms with Gasteiger partial charge in [0, 0.05) is 184 Å². The van der Waals surface area contributed by atoms with Gasteiger partial charge in [-0.15, -0.1) is 22.7 Å². The van der Waals surface area contributed by atoms with Gasteiger partial charge in [-0.2, -0.15) is 0 Å². The summed E-state index contributed by atoms with van der Waals surface area (Å²) in [5.41, 5.74) is 18.4. The van der Waals surface area contributed by atoms with Crippen LogP contribution in [0.3, 0.4) is 0 Å². The number of para-hydroxylation sites is 8. The molecule has 0 atom stereocenters. The second kappa shape index (κ2) is 23.6. The molecule has 0 aliphatic carbocycles. The summed E-state index contributed by atoms with van der Waals surface area (Å²) >= 11 is 3.79. The van der Waals surface area contributed by atoms with E-state index >= 15 is 0 Å². The molecule has 0 amide bonds. The summed E-state index contributed by atoms with van der Waals surface area (Å²) in [6.07, 6.45) is 0. The first-order chi connectivity index (χ1) is 51.7. The van der Waals surface area contributed by atoms with Crippen LogP contribution in [0, 0.1) is 0 Å². The second-order valence-electron chi connectivity index (χ2n) is 27.6. The molecule has 10 heterocycles. The number of fused-ring (bicyclic) bond motifs is 33. The normalized spacial score (nSPS) is 12.0. The summed E-state index contributed by atoms with van der Waals surface area (Å²) in [6.45, 7) is 0. The lowest BCUT2D eigenvalue weighted by Gasteiger charge is -1.99. The molecule has 25 rings (SSSR count). The average Bonchev–Trinajstić information content (AvgIpc) is 1.61. The average molecular weight is 1390 g/mol. The van der Waals surface area contributed by atoms with Crippen LogP contribution in [-0.4, -0.2) is 22.8 Å². The maximum absolute atomic E-state index is 6.17. The largest absolute Gasteiger partial charge is 0.456 e. The molecule has 15 aromatic carbocycles. The Kier molecular flexibility index (Phi) is 13.7. The Bertz CT molecular complexity index is 7650. The number of thiophene rings is 2. The molecule has 0 unspecified atom stereocenters. The smallest absolute Gasteiger partial charge is 0.145 e. The zero-order valence-electron chi connectivity index (χ0n) is 58.1. The fourth-order valence-corrected chi connectivity index (χ4v) is 19.5. The van der Waals surface area contributed by atoms with E-state index in [9.17, 15) is 0 Å². The van der Waals surface area contributed by atoms with Gasteiger partial charge in [0.1, 0.15) is 33.5 Å². The van der Waals surface area contributed by atoms with Gasteiger partial charge in [-0.1, -0.05) is 188 Å². The molecule has 0 saturated heterocycles. The molecule has 25 aromatic rings. The van der Waals surface area contributed by atoms with Crippen molar-refractivity contribution < 1.29 is 13.3 Å². The van der Waals surface area contributed by atoms with Gasteiger partial charge in [0.05, 0.1) is 32.8 Å². The number of hydrogen-bond donors (Lipinski definition) is 0. The van der Waals surface area contributed by atoms with Crippen LogP contribution in [0.5, 0.6) is 0 Å². The fraction of sp³-hybridized carbons (Fsp3) is 0.0526. The Labute approximate surface area is 608 Å². The maximum atomic E-state index is 6.17. The van der Waals surface area contributed by atoms with Crippen molar-refractivity contribution in [2.24, 2.45) is 35.2 Å². The summed E-state index contributed by atoms with van der Waals surface area (Å²) < 4.78 is 35.1. The number of aromatic nitrogens is 5. The summed E-state index contributed by atoms with van der Waals surface area (Å²) in [5, 5.41) is 25.6. The van der Waals surface area contributed by atoms with E-state index in [0.717, 1.165) is 33.5 Å². The highest BCUT2D eigenvalue weighted by atomic mass is 32.1. The SMILES string of the molecule is Cn1c2ccccc2c2c3oc4ccccc4c3ccc21.Cn1c2ccccc2c2c3sc4ccccc4c3ccc21.Cn1c2ccccc2c2cc3c(cc21)sc1ccccc13.Cn1c2ccccc2c2cc3oc4ccccc4c3cc21.Cn1c2ccccc2c2ccc3oc4ccccc4c3c21. The molecule has 0 bridgehead atoms. The molecule has 0 saturated carbocycles. The Hall–Kier alpha value is -12.9. The number of benzene rings is 15. The molecule has 0 aliphatic heterocycles. The Morgan fingerprint density at radius 1 is 0.200 bits per heavy atom. The first-order valence-electron chi connectivity index (χ1n) is 35.6. The minimum atomic E-state index is 0.949. The van der Waals surface area contributed by atoms with Crippen molar-refractivity contribution in [3.63, 3.8) is 0 Å². The van der Waals surface area contributed by atoms with E-state index in [0.29, 0.717) is 0 Å². The Morgan fingerprint density at radius 2 is 0.610 bits per heavy atom. The van der Waals surface area contributed by atoms with Crippen molar-refractivity contribution in [1.29, 1.82) is 0 Å². The molecule has 0 aliphatic rings. The van der Waals surface area contributed by atoms with Crippen LogP contribution >= 0.6 is 22.7 Å². The predicted octanol–water partition coefficient (Wildman–Crippen LogP) is 27.1. The fourth-order valence-electron chi connectivity index (χ4n) is 17.1. The van der Waals surface area contributed by atoms with Crippen LogP contribution in [0.15, 0.2) is 317 Å². The lowest BCUT2D eigenvalue weighted by atomic mass is 10.1. The lowest BCUT2D eigenvalue weighted by molar-refractivity contribution is 0.669. The van der Waals surface area contributed by atoms with E-state index in [1.807, 2.05) is 59.1 Å². The van der Waals surface area contributed by atoms with Gasteiger partial charge < -0.3 is 36.1 Å². The molecule has 10 heteroatoms. The van der Waals surface area contributed by atoms with Crippen molar-refractivity contribution in [1.82, 2.24) is 22.8 Å². The van der Waals surface area contributed by atoms with Gasteiger partial charge in [0.25, 0.3) is 0 Å². The summed E-state index contributed by atoms with van der Waals surface area (Å²) in [5.74, 6) is 0. The van der Waals surface area contributed by atoms with Crippen molar-refractivity contribution in [2.45, 2.75) is 0 Å². The van der Waals surface area contributed by atoms with Crippen molar-refractivity contribution >= 4 is 238 Å². The van der Waals surface area contributed by atoms with E-state index in [1.54, 1.807) is 0 Å². The third-order valence-electron chi connectivity index (χ3n) is 22.1. The first kappa shape index (κ1) is 60.9. The number of furan rings is 3. The number of nitrogens with zero attached hydrogens (tertiary/aromatic N) is 5. The molecule has 105 heavy (non-hydrogen) atoms. The number of hydrogen-bond acceptors (Lipinski definition) is 5. The number of rotatable bonds is 0. The highest BCUT2D eigenvalue weighted by Crippen LogP contribution is 2.45. The van der Waals surface area contributed by atoms with Gasteiger partial charge in [-0.3, -0.25) is 0 Å². The molecule has 0 fully saturated rings. The van der Waals surface area contributed by atoms with Gasteiger partial charge in [-0.25, -0.2) is 0 Å². The van der Waals surface area contributed by atoms with Gasteiger partial charge in [-0.05, 0) is 115 Å². The summed E-state index contributed by atoms with van der Waals surface area (Å²) in [7, 11) is 10.7. The van der Waals surface area contributed by atoms with Gasteiger partial charge in [0.15, 0.2) is 0 Å². The van der Waals surface area contributed by atoms with Crippen LogP contribution in [0.25, 0.3) is 215 Å². The standard InChI is InChI=1S/3C19H13NO.2C19H13NS/c1-20-15-8-4-2-7-14(15)18-16(20)11-10-13-12-6-3-5-9-17(12)21-19(13)18;1-20-16-8-4-2-6-12(16)14-11-19-15(10-17(14)20)13-7-3-5-9-18(13)21-19;1-20-15-8-4-2-6-12(15)13-10-11-17-18(19(13)20)14-7-3-5-9-16(14)21-17;1-20-15-8-4-2-7-14(15)18-16(20)11-10-13-12-6-3-5-9-17(12)21-19(13)18;1-20-16-8-4-2-6-12(16)14-10-15-13-7-3-5-9-18(13)21-19(15)11-17(14)20/h5*2-11H,1H3. The quantitative estimate of drug-likeness (QED) is 0.152. The Morgan fingerprint density at radius 3 is 1.24 bits per heavy atom. The molecule has 10 aromatic heterocycles. The van der Waals surface area contributed by atoms with Crippen molar-refractivity contribution in [2.75, 3.05) is 0 Å². The van der Waals surface area contributed by atoms with Crippen LogP contribution in [0.2, 0.25) is 0 Å². The summed E-state index contributed by atoms with van der Waals surface area (Å²) in [6, 6.07) is 107. The van der Waals surface area contributed by atoms with Crippen molar-refractivity contribution in [3.8, 4) is 0 Å². The zero-order valence-corrected chi connectivity index (χ0v) is 59.8. The Balaban J connectivity index is 0.0000000846. The number of aryl methyl sites for hydroxylation is 5. The minimum absolute atomic E-state index is 0.949. The second-order valence-corrected chi connectivity index (χ2v) is 29.7. The molecule has 8 nitrogen and oxygen atoms in total. The molecular weight excluding hydrogens is 1320 g/mol. The van der Waals surface area contributed by atoms with E-state index in [-0.39, 0.29) is 0 Å². The van der Waals surface area contributed by atoms with E-state index in [1.165, 1.54) is 182 Å². The lowest BCUT2D eigenvalue weighted by Crippen LogP contribution is -1.86. The highest BCUT2D eigenvalue weighted by Gasteiger charge is 2.21. The summed E-state index contributed by atoms with van der Waals surface area (Å²) in [4.78, 5) is 0. The molecule has 0 spiro atoms. The van der Waals surface area contributed by atoms with Crippen molar-refractivity contribution in [3.05, 3.63) is 303 Å². The topological polar surface area (TPSA) is 64.1 Å². The molecule has 0 N–H and O–H groups in total. The van der Waals surface area contributed by atoms with Gasteiger partial charge >= 0.3 is 0 Å². The van der Waals surface area contributed by atoms with Crippen LogP contribution in [0.4, 0.5) is 0 Å². The monoisotopic (exact) mass is 1390 g/mol. The van der Waals surface area contributed by atoms with Crippen LogP contribution in [-0.2, 0) is 35.2 Å². The predicted molar refractivity (Wildman–Crippen MR) is 450 cm³/mol. The van der Waals surface area contributed by atoms with E-state index < -0.39 is 0 Å². The minimum Gasteiger partial charge on any atom is -0.456 e. The molecule has 500 valence electrons. The molecular formula is C95H65N5O3S2. The van der Waals surface area contributed by atoms with E-state index in [2.05, 4.69) is 325 Å². The van der Waals surface area contributed by atoms with Crippen LogP contribution < -0.4 is 0 Å². The van der Waals surface area contributed by atoms with Gasteiger partial charge in [0.2, 0.25) is 0 Å². The van der Waals surface area contributed by atoms with Crippen LogP contribution in [0.1, 0.15) is 0 Å². The van der Waals surface area contributed by atoms with E-state index in [4.69, 9.17) is 13.3 Å². The highest BCUT2D eigenvalue weighted by molar-refractivity contribution is 7.27.